The van der Waals surface area contributed by atoms with Crippen molar-refractivity contribution in [3.63, 3.8) is 0 Å². The fourth-order valence-corrected chi connectivity index (χ4v) is 2.14. The van der Waals surface area contributed by atoms with Crippen LogP contribution in [0.15, 0.2) is 18.2 Å². The zero-order valence-electron chi connectivity index (χ0n) is 9.73. The van der Waals surface area contributed by atoms with Gasteiger partial charge in [0.1, 0.15) is 0 Å². The van der Waals surface area contributed by atoms with Crippen molar-refractivity contribution in [2.24, 2.45) is 0 Å². The summed E-state index contributed by atoms with van der Waals surface area (Å²) in [6.45, 7) is 3.21. The van der Waals surface area contributed by atoms with Crippen LogP contribution in [0.5, 0.6) is 0 Å². The molecule has 0 saturated carbocycles. The summed E-state index contributed by atoms with van der Waals surface area (Å²) in [6.07, 6.45) is 6.44. The van der Waals surface area contributed by atoms with E-state index in [0.29, 0.717) is 10.0 Å². The highest BCUT2D eigenvalue weighted by molar-refractivity contribution is 6.35. The molecule has 0 amide bonds. The molecule has 90 valence electrons. The Morgan fingerprint density at radius 2 is 1.56 bits per heavy atom. The zero-order chi connectivity index (χ0) is 11.8. The summed E-state index contributed by atoms with van der Waals surface area (Å²) in [7, 11) is 0. The third-order valence-corrected chi connectivity index (χ3v) is 2.91. The summed E-state index contributed by atoms with van der Waals surface area (Å²) >= 11 is 11.8. The van der Waals surface area contributed by atoms with E-state index in [9.17, 15) is 0 Å². The molecule has 0 spiro atoms. The number of unbranched alkanes of at least 4 members (excludes halogenated alkanes) is 4. The van der Waals surface area contributed by atoms with Gasteiger partial charge in [0.2, 0.25) is 0 Å². The Balaban J connectivity index is 2.21. The van der Waals surface area contributed by atoms with Crippen molar-refractivity contribution in [1.82, 2.24) is 0 Å². The second-order valence-corrected chi connectivity index (χ2v) is 4.87. The van der Waals surface area contributed by atoms with Gasteiger partial charge in [0, 0.05) is 22.3 Å². The fraction of sp³-hybridized carbons (Fsp3) is 0.538. The van der Waals surface area contributed by atoms with Crippen LogP contribution in [0.2, 0.25) is 10.0 Å². The molecule has 0 bridgehead atoms. The highest BCUT2D eigenvalue weighted by Crippen LogP contribution is 2.22. The number of hydrogen-bond donors (Lipinski definition) is 1. The van der Waals surface area contributed by atoms with E-state index >= 15 is 0 Å². The second-order valence-electron chi connectivity index (χ2n) is 4.00. The standard InChI is InChI=1S/C13H19Cl2N/c1-2-3-4-5-6-7-16-13-9-11(14)8-12(15)10-13/h8-10,16H,2-7H2,1H3. The topological polar surface area (TPSA) is 12.0 Å². The van der Waals surface area contributed by atoms with Crippen molar-refractivity contribution in [1.29, 1.82) is 0 Å². The van der Waals surface area contributed by atoms with Crippen LogP contribution >= 0.6 is 23.2 Å². The van der Waals surface area contributed by atoms with E-state index in [1.54, 1.807) is 6.07 Å². The molecular weight excluding hydrogens is 241 g/mol. The first-order valence-corrected chi connectivity index (χ1v) is 6.68. The van der Waals surface area contributed by atoms with E-state index in [2.05, 4.69) is 12.2 Å². The molecule has 3 heteroatoms. The van der Waals surface area contributed by atoms with E-state index in [-0.39, 0.29) is 0 Å². The van der Waals surface area contributed by atoms with Crippen LogP contribution in [-0.2, 0) is 0 Å². The number of benzene rings is 1. The van der Waals surface area contributed by atoms with Crippen LogP contribution in [0.3, 0.4) is 0 Å². The first-order valence-electron chi connectivity index (χ1n) is 5.92. The lowest BCUT2D eigenvalue weighted by Gasteiger charge is -2.07. The minimum absolute atomic E-state index is 0.681. The fourth-order valence-electron chi connectivity index (χ4n) is 1.62. The van der Waals surface area contributed by atoms with Crippen LogP contribution in [0.4, 0.5) is 5.69 Å². The molecule has 0 unspecified atom stereocenters. The lowest BCUT2D eigenvalue weighted by molar-refractivity contribution is 0.645. The first-order chi connectivity index (χ1) is 7.72. The molecule has 0 aliphatic rings. The molecule has 0 saturated heterocycles. The van der Waals surface area contributed by atoms with Gasteiger partial charge in [-0.2, -0.15) is 0 Å². The van der Waals surface area contributed by atoms with Crippen LogP contribution in [-0.4, -0.2) is 6.54 Å². The Hall–Kier alpha value is -0.400. The van der Waals surface area contributed by atoms with Gasteiger partial charge in [-0.3, -0.25) is 0 Å². The van der Waals surface area contributed by atoms with Crippen molar-refractivity contribution in [3.05, 3.63) is 28.2 Å². The number of nitrogens with one attached hydrogen (secondary N) is 1. The summed E-state index contributed by atoms with van der Waals surface area (Å²) < 4.78 is 0. The van der Waals surface area contributed by atoms with Crippen molar-refractivity contribution >= 4 is 28.9 Å². The molecule has 1 N–H and O–H groups in total. The smallest absolute Gasteiger partial charge is 0.0441 e. The predicted molar refractivity (Wildman–Crippen MR) is 73.7 cm³/mol. The van der Waals surface area contributed by atoms with Gasteiger partial charge < -0.3 is 5.32 Å². The van der Waals surface area contributed by atoms with Gasteiger partial charge in [0.15, 0.2) is 0 Å². The highest BCUT2D eigenvalue weighted by atomic mass is 35.5. The maximum atomic E-state index is 5.91. The van der Waals surface area contributed by atoms with Crippen LogP contribution < -0.4 is 5.32 Å². The van der Waals surface area contributed by atoms with Gasteiger partial charge in [-0.05, 0) is 24.6 Å². The average molecular weight is 260 g/mol. The molecule has 1 rings (SSSR count). The minimum Gasteiger partial charge on any atom is -0.385 e. The largest absolute Gasteiger partial charge is 0.385 e. The normalized spacial score (nSPS) is 10.4. The first kappa shape index (κ1) is 13.7. The Morgan fingerprint density at radius 3 is 2.19 bits per heavy atom. The third kappa shape index (κ3) is 5.62. The molecule has 0 atom stereocenters. The molecule has 1 aromatic carbocycles. The monoisotopic (exact) mass is 259 g/mol. The zero-order valence-corrected chi connectivity index (χ0v) is 11.2. The second kappa shape index (κ2) is 7.81. The van der Waals surface area contributed by atoms with Gasteiger partial charge in [-0.1, -0.05) is 55.8 Å². The average Bonchev–Trinajstić information content (AvgIpc) is 2.22. The van der Waals surface area contributed by atoms with Crippen molar-refractivity contribution in [2.75, 3.05) is 11.9 Å². The molecule has 1 nitrogen and oxygen atoms in total. The number of rotatable bonds is 7. The summed E-state index contributed by atoms with van der Waals surface area (Å²) in [4.78, 5) is 0. The Bertz CT molecular complexity index is 293. The molecule has 0 aliphatic heterocycles. The van der Waals surface area contributed by atoms with Crippen molar-refractivity contribution < 1.29 is 0 Å². The quantitative estimate of drug-likeness (QED) is 0.649. The van der Waals surface area contributed by atoms with Gasteiger partial charge in [-0.25, -0.2) is 0 Å². The van der Waals surface area contributed by atoms with E-state index in [1.165, 1.54) is 32.1 Å². The van der Waals surface area contributed by atoms with Gasteiger partial charge in [0.05, 0.1) is 0 Å². The maximum absolute atomic E-state index is 5.91. The van der Waals surface area contributed by atoms with E-state index in [1.807, 2.05) is 12.1 Å². The molecular formula is C13H19Cl2N. The van der Waals surface area contributed by atoms with E-state index in [4.69, 9.17) is 23.2 Å². The lowest BCUT2D eigenvalue weighted by Crippen LogP contribution is -2.01. The van der Waals surface area contributed by atoms with Gasteiger partial charge in [0.25, 0.3) is 0 Å². The minimum atomic E-state index is 0.681. The lowest BCUT2D eigenvalue weighted by atomic mass is 10.1. The van der Waals surface area contributed by atoms with Crippen LogP contribution in [0.25, 0.3) is 0 Å². The van der Waals surface area contributed by atoms with Gasteiger partial charge in [-0.15, -0.1) is 0 Å². The molecule has 0 fully saturated rings. The van der Waals surface area contributed by atoms with Crippen molar-refractivity contribution in [2.45, 2.75) is 39.0 Å². The summed E-state index contributed by atoms with van der Waals surface area (Å²) in [5.74, 6) is 0. The Labute approximate surface area is 108 Å². The number of halogens is 2. The number of hydrogen-bond acceptors (Lipinski definition) is 1. The molecule has 0 aliphatic carbocycles. The summed E-state index contributed by atoms with van der Waals surface area (Å²) in [6, 6.07) is 5.55. The maximum Gasteiger partial charge on any atom is 0.0441 e. The summed E-state index contributed by atoms with van der Waals surface area (Å²) in [5.41, 5.74) is 1.01. The van der Waals surface area contributed by atoms with Crippen LogP contribution in [0, 0.1) is 0 Å². The van der Waals surface area contributed by atoms with Gasteiger partial charge >= 0.3 is 0 Å². The Morgan fingerprint density at radius 1 is 0.938 bits per heavy atom. The molecule has 16 heavy (non-hydrogen) atoms. The Kier molecular flexibility index (Phi) is 6.67. The summed E-state index contributed by atoms with van der Waals surface area (Å²) in [5, 5.41) is 4.70. The van der Waals surface area contributed by atoms with Crippen molar-refractivity contribution in [3.8, 4) is 0 Å². The number of anilines is 1. The SMILES string of the molecule is CCCCCCCNc1cc(Cl)cc(Cl)c1. The molecule has 0 aromatic heterocycles. The highest BCUT2D eigenvalue weighted by Gasteiger charge is 1.97. The third-order valence-electron chi connectivity index (χ3n) is 2.47. The van der Waals surface area contributed by atoms with E-state index in [0.717, 1.165) is 12.2 Å². The predicted octanol–water partition coefficient (Wildman–Crippen LogP) is 5.38. The van der Waals surface area contributed by atoms with Crippen LogP contribution in [0.1, 0.15) is 39.0 Å². The molecule has 0 radical (unpaired) electrons. The molecule has 1 aromatic rings. The van der Waals surface area contributed by atoms with E-state index < -0.39 is 0 Å². The molecule has 0 heterocycles.